The zero-order valence-electron chi connectivity index (χ0n) is 13.0. The smallest absolute Gasteiger partial charge is 0.148 e. The van der Waals surface area contributed by atoms with Crippen molar-refractivity contribution in [1.82, 2.24) is 14.9 Å². The monoisotopic (exact) mass is 278 g/mol. The van der Waals surface area contributed by atoms with Gasteiger partial charge < -0.3 is 10.3 Å². The number of nitrogen functional groups attached to an aromatic ring is 1. The highest BCUT2D eigenvalue weighted by Gasteiger charge is 2.32. The average Bonchev–Trinajstić information content (AvgIpc) is 2.42. The number of hydrogen-bond acceptors (Lipinski definition) is 6. The van der Waals surface area contributed by atoms with E-state index in [0.717, 1.165) is 49.7 Å². The van der Waals surface area contributed by atoms with Gasteiger partial charge in [0.15, 0.2) is 0 Å². The minimum Gasteiger partial charge on any atom is -0.353 e. The Balaban J connectivity index is 2.32. The number of likely N-dealkylation sites (N-methyl/N-ethyl adjacent to an activating group) is 1. The predicted molar refractivity (Wildman–Crippen MR) is 82.8 cm³/mol. The zero-order valence-corrected chi connectivity index (χ0v) is 13.0. The van der Waals surface area contributed by atoms with Crippen LogP contribution in [-0.2, 0) is 6.42 Å². The summed E-state index contributed by atoms with van der Waals surface area (Å²) >= 11 is 0. The molecular weight excluding hydrogens is 252 g/mol. The summed E-state index contributed by atoms with van der Waals surface area (Å²) in [6.07, 6.45) is 3.57. The molecule has 0 radical (unpaired) electrons. The summed E-state index contributed by atoms with van der Waals surface area (Å²) < 4.78 is 0. The molecule has 3 N–H and O–H groups in total. The van der Waals surface area contributed by atoms with Gasteiger partial charge in [0.05, 0.1) is 0 Å². The molecule has 1 aromatic rings. The van der Waals surface area contributed by atoms with E-state index in [-0.39, 0.29) is 5.54 Å². The Morgan fingerprint density at radius 1 is 1.35 bits per heavy atom. The van der Waals surface area contributed by atoms with E-state index in [2.05, 4.69) is 53.0 Å². The minimum atomic E-state index is 0.142. The standard InChI is InChI=1S/C14H26N6/c1-5-6-11-12(18-15)16-10-17-13(11)20-8-7-19(4)14(2,3)9-20/h10H,5-9,15H2,1-4H3,(H,16,17,18). The average molecular weight is 278 g/mol. The number of rotatable bonds is 4. The maximum absolute atomic E-state index is 5.59. The van der Waals surface area contributed by atoms with Gasteiger partial charge in [0.2, 0.25) is 0 Å². The zero-order chi connectivity index (χ0) is 14.8. The van der Waals surface area contributed by atoms with E-state index in [1.807, 2.05) is 0 Å². The van der Waals surface area contributed by atoms with Crippen molar-refractivity contribution in [2.24, 2.45) is 5.84 Å². The van der Waals surface area contributed by atoms with Crippen LogP contribution in [-0.4, -0.2) is 47.1 Å². The van der Waals surface area contributed by atoms with Crippen LogP contribution in [0.1, 0.15) is 32.8 Å². The number of anilines is 2. The number of nitrogens with one attached hydrogen (secondary N) is 1. The second-order valence-electron chi connectivity index (χ2n) is 6.07. The van der Waals surface area contributed by atoms with Crippen LogP contribution in [0.4, 0.5) is 11.6 Å². The van der Waals surface area contributed by atoms with Gasteiger partial charge in [-0.1, -0.05) is 13.3 Å². The normalized spacial score (nSPS) is 19.1. The van der Waals surface area contributed by atoms with Crippen molar-refractivity contribution in [1.29, 1.82) is 0 Å². The lowest BCUT2D eigenvalue weighted by Crippen LogP contribution is -2.58. The molecule has 1 saturated heterocycles. The van der Waals surface area contributed by atoms with Crippen molar-refractivity contribution < 1.29 is 0 Å². The molecule has 0 unspecified atom stereocenters. The molecule has 2 rings (SSSR count). The van der Waals surface area contributed by atoms with Crippen LogP contribution in [0.2, 0.25) is 0 Å². The van der Waals surface area contributed by atoms with Crippen LogP contribution < -0.4 is 16.2 Å². The van der Waals surface area contributed by atoms with Crippen LogP contribution >= 0.6 is 0 Å². The maximum atomic E-state index is 5.59. The first-order valence-electron chi connectivity index (χ1n) is 7.26. The van der Waals surface area contributed by atoms with Crippen molar-refractivity contribution in [2.75, 3.05) is 37.0 Å². The van der Waals surface area contributed by atoms with Gasteiger partial charge in [-0.05, 0) is 27.3 Å². The highest BCUT2D eigenvalue weighted by Crippen LogP contribution is 2.28. The molecule has 6 nitrogen and oxygen atoms in total. The van der Waals surface area contributed by atoms with E-state index < -0.39 is 0 Å². The molecule has 6 heteroatoms. The van der Waals surface area contributed by atoms with Crippen molar-refractivity contribution in [2.45, 2.75) is 39.2 Å². The minimum absolute atomic E-state index is 0.142. The Morgan fingerprint density at radius 2 is 2.10 bits per heavy atom. The molecule has 0 spiro atoms. The van der Waals surface area contributed by atoms with Gasteiger partial charge in [0, 0.05) is 30.7 Å². The second kappa shape index (κ2) is 5.93. The Kier molecular flexibility index (Phi) is 4.45. The fourth-order valence-electron chi connectivity index (χ4n) is 2.70. The van der Waals surface area contributed by atoms with Gasteiger partial charge >= 0.3 is 0 Å². The molecule has 0 saturated carbocycles. The molecule has 0 aliphatic carbocycles. The number of hydrogen-bond donors (Lipinski definition) is 2. The molecule has 0 amide bonds. The quantitative estimate of drug-likeness (QED) is 0.638. The first-order valence-corrected chi connectivity index (χ1v) is 7.26. The van der Waals surface area contributed by atoms with Crippen molar-refractivity contribution in [3.63, 3.8) is 0 Å². The molecule has 2 heterocycles. The molecule has 112 valence electrons. The maximum Gasteiger partial charge on any atom is 0.148 e. The molecule has 1 aliphatic rings. The summed E-state index contributed by atoms with van der Waals surface area (Å²) in [6.45, 7) is 9.67. The summed E-state index contributed by atoms with van der Waals surface area (Å²) in [5, 5.41) is 0. The van der Waals surface area contributed by atoms with Gasteiger partial charge in [-0.25, -0.2) is 15.8 Å². The largest absolute Gasteiger partial charge is 0.353 e. The fourth-order valence-corrected chi connectivity index (χ4v) is 2.70. The van der Waals surface area contributed by atoms with Crippen molar-refractivity contribution in [3.8, 4) is 0 Å². The Labute approximate surface area is 121 Å². The molecule has 20 heavy (non-hydrogen) atoms. The Morgan fingerprint density at radius 3 is 2.70 bits per heavy atom. The van der Waals surface area contributed by atoms with E-state index in [1.54, 1.807) is 6.33 Å². The summed E-state index contributed by atoms with van der Waals surface area (Å²) in [6, 6.07) is 0. The van der Waals surface area contributed by atoms with Crippen LogP contribution in [0.5, 0.6) is 0 Å². The van der Waals surface area contributed by atoms with Crippen LogP contribution in [0.25, 0.3) is 0 Å². The molecule has 0 atom stereocenters. The number of aromatic nitrogens is 2. The highest BCUT2D eigenvalue weighted by molar-refractivity contribution is 5.58. The van der Waals surface area contributed by atoms with Crippen molar-refractivity contribution in [3.05, 3.63) is 11.9 Å². The number of piperazine rings is 1. The SMILES string of the molecule is CCCc1c(NN)ncnc1N1CCN(C)C(C)(C)C1. The van der Waals surface area contributed by atoms with Crippen LogP contribution in [0, 0.1) is 0 Å². The molecule has 0 bridgehead atoms. The van der Waals surface area contributed by atoms with Crippen molar-refractivity contribution >= 4 is 11.6 Å². The van der Waals surface area contributed by atoms with E-state index in [4.69, 9.17) is 5.84 Å². The Hall–Kier alpha value is -1.40. The second-order valence-corrected chi connectivity index (χ2v) is 6.07. The predicted octanol–water partition coefficient (Wildman–Crippen LogP) is 1.25. The third kappa shape index (κ3) is 2.86. The first-order chi connectivity index (χ1) is 9.49. The molecular formula is C14H26N6. The number of hydrazine groups is 1. The summed E-state index contributed by atoms with van der Waals surface area (Å²) in [4.78, 5) is 13.5. The summed E-state index contributed by atoms with van der Waals surface area (Å²) in [5.41, 5.74) is 3.97. The lowest BCUT2D eigenvalue weighted by molar-refractivity contribution is 0.138. The molecule has 1 aliphatic heterocycles. The topological polar surface area (TPSA) is 70.3 Å². The lowest BCUT2D eigenvalue weighted by atomic mass is 9.99. The third-order valence-electron chi connectivity index (χ3n) is 4.18. The number of nitrogens with two attached hydrogens (primary N) is 1. The van der Waals surface area contributed by atoms with Crippen LogP contribution in [0.15, 0.2) is 6.33 Å². The van der Waals surface area contributed by atoms with Crippen LogP contribution in [0.3, 0.4) is 0 Å². The third-order valence-corrected chi connectivity index (χ3v) is 4.18. The summed E-state index contributed by atoms with van der Waals surface area (Å²) in [5.74, 6) is 7.36. The van der Waals surface area contributed by atoms with E-state index >= 15 is 0 Å². The molecule has 1 aromatic heterocycles. The first kappa shape index (κ1) is 15.0. The van der Waals surface area contributed by atoms with Gasteiger partial charge in [-0.15, -0.1) is 0 Å². The van der Waals surface area contributed by atoms with E-state index in [0.29, 0.717) is 0 Å². The lowest BCUT2D eigenvalue weighted by Gasteiger charge is -2.46. The number of nitrogens with zero attached hydrogens (tertiary/aromatic N) is 4. The van der Waals surface area contributed by atoms with E-state index in [1.165, 1.54) is 0 Å². The van der Waals surface area contributed by atoms with E-state index in [9.17, 15) is 0 Å². The fraction of sp³-hybridized carbons (Fsp3) is 0.714. The highest BCUT2D eigenvalue weighted by atomic mass is 15.3. The molecule has 0 aromatic carbocycles. The van der Waals surface area contributed by atoms with Gasteiger partial charge in [0.1, 0.15) is 18.0 Å². The van der Waals surface area contributed by atoms with Gasteiger partial charge in [-0.2, -0.15) is 0 Å². The Bertz CT molecular complexity index is 459. The molecule has 1 fully saturated rings. The summed E-state index contributed by atoms with van der Waals surface area (Å²) in [7, 11) is 2.18. The van der Waals surface area contributed by atoms with Gasteiger partial charge in [0.25, 0.3) is 0 Å². The van der Waals surface area contributed by atoms with Gasteiger partial charge in [-0.3, -0.25) is 4.90 Å².